The van der Waals surface area contributed by atoms with Gasteiger partial charge >= 0.3 is 6.18 Å². The van der Waals surface area contributed by atoms with Gasteiger partial charge in [0.2, 0.25) is 0 Å². The Morgan fingerprint density at radius 1 is 1.20 bits per heavy atom. The van der Waals surface area contributed by atoms with Crippen molar-refractivity contribution in [3.63, 3.8) is 0 Å². The van der Waals surface area contributed by atoms with Gasteiger partial charge in [0, 0.05) is 23.7 Å². The van der Waals surface area contributed by atoms with Crippen molar-refractivity contribution in [1.29, 1.82) is 0 Å². The molecule has 2 N–H and O–H groups in total. The van der Waals surface area contributed by atoms with E-state index < -0.39 is 11.9 Å². The van der Waals surface area contributed by atoms with E-state index in [2.05, 4.69) is 10.4 Å². The first kappa shape index (κ1) is 13.0. The molecule has 1 aromatic carbocycles. The molecular weight excluding hydrogens is 267 g/mol. The van der Waals surface area contributed by atoms with E-state index in [1.54, 1.807) is 0 Å². The normalized spacial score (nSPS) is 15.3. The fraction of sp³-hybridized carbons (Fsp3) is 0.357. The van der Waals surface area contributed by atoms with Crippen LogP contribution in [0.25, 0.3) is 0 Å². The van der Waals surface area contributed by atoms with Crippen molar-refractivity contribution in [3.8, 4) is 0 Å². The number of aromatic amines is 1. The van der Waals surface area contributed by atoms with Gasteiger partial charge in [0.15, 0.2) is 0 Å². The van der Waals surface area contributed by atoms with E-state index in [1.807, 2.05) is 29.4 Å². The van der Waals surface area contributed by atoms with Crippen LogP contribution in [0.2, 0.25) is 0 Å². The smallest absolute Gasteiger partial charge is 0.382 e. The molecule has 3 nitrogen and oxygen atoms in total. The summed E-state index contributed by atoms with van der Waals surface area (Å²) in [5.74, 6) is 0. The maximum Gasteiger partial charge on any atom is 0.433 e. The lowest BCUT2D eigenvalue weighted by atomic mass is 10.1. The first-order valence-corrected chi connectivity index (χ1v) is 6.47. The lowest BCUT2D eigenvalue weighted by Crippen LogP contribution is -2.09. The van der Waals surface area contributed by atoms with Crippen LogP contribution in [0.5, 0.6) is 0 Å². The topological polar surface area (TPSA) is 40.7 Å². The molecule has 2 aromatic rings. The number of anilines is 1. The zero-order chi connectivity index (χ0) is 14.2. The Labute approximate surface area is 114 Å². The Hall–Kier alpha value is -1.98. The number of halogens is 3. The summed E-state index contributed by atoms with van der Waals surface area (Å²) in [6.07, 6.45) is -0.565. The van der Waals surface area contributed by atoms with Crippen molar-refractivity contribution in [1.82, 2.24) is 10.2 Å². The molecule has 0 unspecified atom stereocenters. The molecule has 1 aliphatic rings. The van der Waals surface area contributed by atoms with Crippen molar-refractivity contribution >= 4 is 5.69 Å². The van der Waals surface area contributed by atoms with Crippen LogP contribution < -0.4 is 5.32 Å². The molecule has 0 spiro atoms. The van der Waals surface area contributed by atoms with Gasteiger partial charge in [-0.15, -0.1) is 0 Å². The Kier molecular flexibility index (Phi) is 3.16. The second-order valence-corrected chi connectivity index (χ2v) is 5.06. The molecule has 20 heavy (non-hydrogen) atoms. The first-order chi connectivity index (χ1) is 9.52. The van der Waals surface area contributed by atoms with E-state index in [4.69, 9.17) is 0 Å². The van der Waals surface area contributed by atoms with E-state index in [9.17, 15) is 13.2 Å². The second-order valence-electron chi connectivity index (χ2n) is 5.06. The third-order valence-electron chi connectivity index (χ3n) is 3.30. The highest BCUT2D eigenvalue weighted by atomic mass is 19.4. The molecule has 0 aliphatic heterocycles. The largest absolute Gasteiger partial charge is 0.433 e. The highest BCUT2D eigenvalue weighted by Crippen LogP contribution is 2.31. The van der Waals surface area contributed by atoms with E-state index in [0.29, 0.717) is 6.04 Å². The summed E-state index contributed by atoms with van der Waals surface area (Å²) >= 11 is 0. The van der Waals surface area contributed by atoms with Gasteiger partial charge < -0.3 is 5.32 Å². The van der Waals surface area contributed by atoms with E-state index in [1.165, 1.54) is 19.0 Å². The Bertz CT molecular complexity index is 582. The number of nitrogens with zero attached hydrogens (tertiary/aromatic N) is 1. The van der Waals surface area contributed by atoms with Crippen LogP contribution in [0.15, 0.2) is 30.5 Å². The number of aromatic nitrogens is 2. The van der Waals surface area contributed by atoms with Crippen LogP contribution in [-0.4, -0.2) is 16.2 Å². The van der Waals surface area contributed by atoms with Crippen molar-refractivity contribution < 1.29 is 13.2 Å². The van der Waals surface area contributed by atoms with E-state index in [0.717, 1.165) is 11.3 Å². The van der Waals surface area contributed by atoms with Gasteiger partial charge in [0.1, 0.15) is 5.69 Å². The van der Waals surface area contributed by atoms with Gasteiger partial charge in [-0.1, -0.05) is 12.1 Å². The summed E-state index contributed by atoms with van der Waals surface area (Å²) in [5, 5.41) is 8.86. The molecule has 1 heterocycles. The third kappa shape index (κ3) is 2.95. The molecule has 1 saturated carbocycles. The minimum atomic E-state index is -4.39. The number of alkyl halides is 3. The molecule has 0 bridgehead atoms. The van der Waals surface area contributed by atoms with Crippen molar-refractivity contribution in [3.05, 3.63) is 47.3 Å². The molecular formula is C14H14F3N3. The molecule has 3 rings (SSSR count). The lowest BCUT2D eigenvalue weighted by Gasteiger charge is -2.08. The summed E-state index contributed by atoms with van der Waals surface area (Å²) in [7, 11) is 0. The Morgan fingerprint density at radius 3 is 2.50 bits per heavy atom. The highest BCUT2D eigenvalue weighted by Gasteiger charge is 2.35. The van der Waals surface area contributed by atoms with Crippen molar-refractivity contribution in [2.45, 2.75) is 31.5 Å². The van der Waals surface area contributed by atoms with Gasteiger partial charge in [0.25, 0.3) is 0 Å². The zero-order valence-electron chi connectivity index (χ0n) is 10.7. The summed E-state index contributed by atoms with van der Waals surface area (Å²) in [4.78, 5) is 0. The molecule has 0 saturated heterocycles. The number of H-pyrrole nitrogens is 1. The first-order valence-electron chi connectivity index (χ1n) is 6.47. The number of rotatable bonds is 4. The minimum Gasteiger partial charge on any atom is -0.382 e. The fourth-order valence-electron chi connectivity index (χ4n) is 2.09. The number of benzene rings is 1. The van der Waals surface area contributed by atoms with Crippen LogP contribution in [0.1, 0.15) is 29.7 Å². The maximum atomic E-state index is 12.7. The van der Waals surface area contributed by atoms with E-state index >= 15 is 0 Å². The lowest BCUT2D eigenvalue weighted by molar-refractivity contribution is -0.141. The zero-order valence-corrected chi connectivity index (χ0v) is 10.7. The summed E-state index contributed by atoms with van der Waals surface area (Å²) < 4.78 is 38.2. The SMILES string of the molecule is FC(F)(F)c1[nH]ncc1Cc1ccc(NC2CC2)cc1. The van der Waals surface area contributed by atoms with Gasteiger partial charge in [-0.25, -0.2) is 0 Å². The van der Waals surface area contributed by atoms with Gasteiger partial charge in [0.05, 0.1) is 6.20 Å². The van der Waals surface area contributed by atoms with Crippen LogP contribution in [0.3, 0.4) is 0 Å². The highest BCUT2D eigenvalue weighted by molar-refractivity contribution is 5.47. The Morgan fingerprint density at radius 2 is 1.90 bits per heavy atom. The predicted octanol–water partition coefficient (Wildman–Crippen LogP) is 3.59. The second kappa shape index (κ2) is 4.85. The van der Waals surface area contributed by atoms with Crippen LogP contribution >= 0.6 is 0 Å². The van der Waals surface area contributed by atoms with Crippen LogP contribution in [0.4, 0.5) is 18.9 Å². The Balaban J connectivity index is 1.72. The van der Waals surface area contributed by atoms with Crippen molar-refractivity contribution in [2.75, 3.05) is 5.32 Å². The number of hydrogen-bond acceptors (Lipinski definition) is 2. The summed E-state index contributed by atoms with van der Waals surface area (Å²) in [6, 6.07) is 8.06. The molecule has 0 atom stereocenters. The number of hydrogen-bond donors (Lipinski definition) is 2. The van der Waals surface area contributed by atoms with Gasteiger partial charge in [-0.05, 0) is 30.5 Å². The molecule has 0 amide bonds. The summed E-state index contributed by atoms with van der Waals surface area (Å²) in [5.41, 5.74) is 1.25. The molecule has 0 radical (unpaired) electrons. The average Bonchev–Trinajstić information content (AvgIpc) is 3.06. The van der Waals surface area contributed by atoms with E-state index in [-0.39, 0.29) is 12.0 Å². The van der Waals surface area contributed by atoms with Gasteiger partial charge in [-0.2, -0.15) is 18.3 Å². The minimum absolute atomic E-state index is 0.167. The molecule has 6 heteroatoms. The monoisotopic (exact) mass is 281 g/mol. The third-order valence-corrected chi connectivity index (χ3v) is 3.30. The van der Waals surface area contributed by atoms with Gasteiger partial charge in [-0.3, -0.25) is 5.10 Å². The molecule has 106 valence electrons. The average molecular weight is 281 g/mol. The molecule has 1 fully saturated rings. The summed E-state index contributed by atoms with van der Waals surface area (Å²) in [6.45, 7) is 0. The number of nitrogens with one attached hydrogen (secondary N) is 2. The maximum absolute atomic E-state index is 12.7. The van der Waals surface area contributed by atoms with Crippen LogP contribution in [-0.2, 0) is 12.6 Å². The van der Waals surface area contributed by atoms with Crippen molar-refractivity contribution in [2.24, 2.45) is 0 Å². The standard InChI is InChI=1S/C14H14F3N3/c15-14(16,17)13-10(8-18-20-13)7-9-1-3-11(4-2-9)19-12-5-6-12/h1-4,8,12,19H,5-7H2,(H,18,20). The quantitative estimate of drug-likeness (QED) is 0.899. The predicted molar refractivity (Wildman–Crippen MR) is 69.5 cm³/mol. The molecule has 1 aromatic heterocycles. The van der Waals surface area contributed by atoms with Crippen LogP contribution in [0, 0.1) is 0 Å². The molecule has 1 aliphatic carbocycles. The fourth-order valence-corrected chi connectivity index (χ4v) is 2.09.